The van der Waals surface area contributed by atoms with E-state index in [1.54, 1.807) is 31.4 Å². The summed E-state index contributed by atoms with van der Waals surface area (Å²) in [6, 6.07) is 6.65. The molecule has 0 fully saturated rings. The van der Waals surface area contributed by atoms with E-state index in [0.717, 1.165) is 5.56 Å². The van der Waals surface area contributed by atoms with Gasteiger partial charge in [-0.1, -0.05) is 66.2 Å². The van der Waals surface area contributed by atoms with Crippen LogP contribution in [0.1, 0.15) is 60.5 Å². The Hall–Kier alpha value is -0.773. The molecule has 6 nitrogen and oxygen atoms in total. The van der Waals surface area contributed by atoms with Gasteiger partial charge in [0.1, 0.15) is 6.79 Å². The van der Waals surface area contributed by atoms with Crippen LogP contribution in [0.3, 0.4) is 0 Å². The molecule has 0 aliphatic carbocycles. The van der Waals surface area contributed by atoms with Gasteiger partial charge in [-0.3, -0.25) is 4.18 Å². The van der Waals surface area contributed by atoms with Crippen LogP contribution >= 0.6 is 0 Å². The molecule has 0 radical (unpaired) electrons. The molecule has 0 bridgehead atoms. The molecule has 0 unspecified atom stereocenters. The predicted octanol–water partition coefficient (Wildman–Crippen LogP) is 5.91. The van der Waals surface area contributed by atoms with Crippen LogP contribution in [-0.2, 0) is 28.2 Å². The van der Waals surface area contributed by atoms with Crippen LogP contribution < -0.4 is 0 Å². The SMILES string of the molecule is COCO[C@H](CCO[Si](C(C)C)(C(C)C)C(C)C)[C@H](C)COS(=O)(=O)c1ccc(C)cc1. The molecule has 0 saturated carbocycles. The van der Waals surface area contributed by atoms with Crippen molar-refractivity contribution in [3.05, 3.63) is 29.8 Å². The van der Waals surface area contributed by atoms with Crippen LogP contribution in [0.5, 0.6) is 0 Å². The van der Waals surface area contributed by atoms with E-state index in [-0.39, 0.29) is 30.3 Å². The second kappa shape index (κ2) is 13.2. The van der Waals surface area contributed by atoms with Crippen molar-refractivity contribution in [3.8, 4) is 0 Å². The van der Waals surface area contributed by atoms with Crippen LogP contribution in [0.15, 0.2) is 29.2 Å². The summed E-state index contributed by atoms with van der Waals surface area (Å²) in [4.78, 5) is 0.162. The highest BCUT2D eigenvalue weighted by atomic mass is 32.2. The summed E-state index contributed by atoms with van der Waals surface area (Å²) in [5, 5.41) is 0. The van der Waals surface area contributed by atoms with Gasteiger partial charge >= 0.3 is 0 Å². The molecule has 1 aromatic rings. The fraction of sp³-hybridized carbons (Fsp3) is 0.750. The minimum Gasteiger partial charge on any atom is -0.416 e. The second-order valence-corrected chi connectivity index (χ2v) is 16.7. The van der Waals surface area contributed by atoms with E-state index in [2.05, 4.69) is 41.5 Å². The summed E-state index contributed by atoms with van der Waals surface area (Å²) in [6.45, 7) is 18.2. The molecule has 0 aromatic heterocycles. The molecule has 0 amide bonds. The van der Waals surface area contributed by atoms with E-state index < -0.39 is 18.4 Å². The Bertz CT molecular complexity index is 739. The van der Waals surface area contributed by atoms with Gasteiger partial charge in [-0.15, -0.1) is 0 Å². The molecule has 0 spiro atoms. The number of aryl methyl sites for hydroxylation is 1. The highest BCUT2D eigenvalue weighted by Crippen LogP contribution is 2.42. The Morgan fingerprint density at radius 2 is 1.44 bits per heavy atom. The van der Waals surface area contributed by atoms with E-state index >= 15 is 0 Å². The standard InChI is InChI=1S/C24H44O6SSi/c1-18(2)32(19(3)4,20(5)6)30-15-14-24(28-17-27-9)22(8)16-29-31(25,26)23-12-10-21(7)11-13-23/h10-13,18-20,22,24H,14-17H2,1-9H3/t22-,24-/m1/s1. The van der Waals surface area contributed by atoms with Gasteiger partial charge in [0.2, 0.25) is 0 Å². The number of rotatable bonds is 15. The molecular weight excluding hydrogens is 444 g/mol. The van der Waals surface area contributed by atoms with Crippen molar-refractivity contribution in [2.24, 2.45) is 5.92 Å². The van der Waals surface area contributed by atoms with Crippen molar-refractivity contribution in [2.45, 2.75) is 89.4 Å². The molecular formula is C24H44O6SSi. The molecule has 0 saturated heterocycles. The normalized spacial score (nSPS) is 15.0. The molecule has 1 rings (SSSR count). The number of ether oxygens (including phenoxy) is 2. The van der Waals surface area contributed by atoms with E-state index in [9.17, 15) is 8.42 Å². The minimum absolute atomic E-state index is 0.0334. The third-order valence-electron chi connectivity index (χ3n) is 6.29. The van der Waals surface area contributed by atoms with Gasteiger partial charge < -0.3 is 13.9 Å². The zero-order valence-electron chi connectivity index (χ0n) is 21.4. The summed E-state index contributed by atoms with van der Waals surface area (Å²) >= 11 is 0. The maximum absolute atomic E-state index is 12.5. The van der Waals surface area contributed by atoms with Crippen LogP contribution in [0.4, 0.5) is 0 Å². The zero-order valence-corrected chi connectivity index (χ0v) is 23.2. The highest BCUT2D eigenvalue weighted by molar-refractivity contribution is 7.86. The Balaban J connectivity index is 2.81. The summed E-state index contributed by atoms with van der Waals surface area (Å²) in [6.07, 6.45) is 0.417. The van der Waals surface area contributed by atoms with E-state index in [1.807, 2.05) is 13.8 Å². The number of hydrogen-bond acceptors (Lipinski definition) is 6. The molecule has 0 aliphatic heterocycles. The van der Waals surface area contributed by atoms with Crippen LogP contribution in [0.2, 0.25) is 16.6 Å². The van der Waals surface area contributed by atoms with Crippen molar-refractivity contribution in [2.75, 3.05) is 27.1 Å². The van der Waals surface area contributed by atoms with Crippen LogP contribution in [-0.4, -0.2) is 50.0 Å². The van der Waals surface area contributed by atoms with Gasteiger partial charge in [0.25, 0.3) is 10.1 Å². The Morgan fingerprint density at radius 3 is 1.91 bits per heavy atom. The second-order valence-electron chi connectivity index (χ2n) is 9.60. The van der Waals surface area contributed by atoms with Gasteiger partial charge in [-0.05, 0) is 42.1 Å². The summed E-state index contributed by atoms with van der Waals surface area (Å²) in [5.41, 5.74) is 2.50. The number of benzene rings is 1. The van der Waals surface area contributed by atoms with Gasteiger partial charge in [0, 0.05) is 19.6 Å². The van der Waals surface area contributed by atoms with Crippen molar-refractivity contribution in [1.82, 2.24) is 0 Å². The smallest absolute Gasteiger partial charge is 0.296 e. The Labute approximate surface area is 197 Å². The Morgan fingerprint density at radius 1 is 0.906 bits per heavy atom. The lowest BCUT2D eigenvalue weighted by Crippen LogP contribution is -2.48. The van der Waals surface area contributed by atoms with Crippen LogP contribution in [0, 0.1) is 12.8 Å². The largest absolute Gasteiger partial charge is 0.416 e. The first-order chi connectivity index (χ1) is 14.9. The lowest BCUT2D eigenvalue weighted by molar-refractivity contribution is -0.0988. The first-order valence-electron chi connectivity index (χ1n) is 11.6. The van der Waals surface area contributed by atoms with Crippen molar-refractivity contribution in [3.63, 3.8) is 0 Å². The maximum atomic E-state index is 12.5. The highest BCUT2D eigenvalue weighted by Gasteiger charge is 2.45. The van der Waals surface area contributed by atoms with Gasteiger partial charge in [0.05, 0.1) is 17.6 Å². The summed E-state index contributed by atoms with van der Waals surface area (Å²) in [7, 11) is -4.21. The quantitative estimate of drug-likeness (QED) is 0.174. The van der Waals surface area contributed by atoms with Crippen molar-refractivity contribution in [1.29, 1.82) is 0 Å². The molecule has 0 N–H and O–H groups in total. The average Bonchev–Trinajstić information content (AvgIpc) is 2.71. The monoisotopic (exact) mass is 488 g/mol. The van der Waals surface area contributed by atoms with E-state index in [4.69, 9.17) is 18.1 Å². The Kier molecular flexibility index (Phi) is 12.1. The van der Waals surface area contributed by atoms with Gasteiger partial charge in [0.15, 0.2) is 8.32 Å². The summed E-state index contributed by atoms with van der Waals surface area (Å²) in [5.74, 6) is -0.151. The topological polar surface area (TPSA) is 71.1 Å². The number of methoxy groups -OCH3 is 1. The summed E-state index contributed by atoms with van der Waals surface area (Å²) < 4.78 is 48.1. The molecule has 1 aromatic carbocycles. The van der Waals surface area contributed by atoms with Crippen molar-refractivity contribution < 1.29 is 26.5 Å². The van der Waals surface area contributed by atoms with Gasteiger partial charge in [-0.25, -0.2) is 0 Å². The minimum atomic E-state index is -3.81. The van der Waals surface area contributed by atoms with Crippen LogP contribution in [0.25, 0.3) is 0 Å². The van der Waals surface area contributed by atoms with Crippen molar-refractivity contribution >= 4 is 18.4 Å². The fourth-order valence-corrected chi connectivity index (χ4v) is 11.1. The van der Waals surface area contributed by atoms with E-state index in [0.29, 0.717) is 29.7 Å². The zero-order chi connectivity index (χ0) is 24.5. The lowest BCUT2D eigenvalue weighted by Gasteiger charge is -2.42. The third kappa shape index (κ3) is 7.92. The molecule has 0 aliphatic rings. The first kappa shape index (κ1) is 29.3. The first-order valence-corrected chi connectivity index (χ1v) is 15.1. The molecule has 32 heavy (non-hydrogen) atoms. The van der Waals surface area contributed by atoms with Gasteiger partial charge in [-0.2, -0.15) is 8.42 Å². The maximum Gasteiger partial charge on any atom is 0.296 e. The molecule has 186 valence electrons. The van der Waals surface area contributed by atoms with E-state index in [1.165, 1.54) is 0 Å². The molecule has 0 heterocycles. The fourth-order valence-electron chi connectivity index (χ4n) is 4.62. The lowest BCUT2D eigenvalue weighted by atomic mass is 10.0. The molecule has 2 atom stereocenters. The molecule has 8 heteroatoms. The predicted molar refractivity (Wildman–Crippen MR) is 132 cm³/mol. The average molecular weight is 489 g/mol. The third-order valence-corrected chi connectivity index (χ3v) is 13.7. The number of hydrogen-bond donors (Lipinski definition) is 0.